The molecule has 0 saturated carbocycles. The molecule has 1 aromatic heterocycles. The first-order chi connectivity index (χ1) is 11.2. The van der Waals surface area contributed by atoms with E-state index in [-0.39, 0.29) is 16.9 Å². The van der Waals surface area contributed by atoms with Crippen molar-refractivity contribution in [3.8, 4) is 5.88 Å². The van der Waals surface area contributed by atoms with Crippen LogP contribution in [0.2, 0.25) is 0 Å². The van der Waals surface area contributed by atoms with E-state index in [4.69, 9.17) is 5.11 Å². The maximum Gasteiger partial charge on any atom is 0.326 e. The number of sulfone groups is 1. The van der Waals surface area contributed by atoms with Crippen LogP contribution in [-0.4, -0.2) is 29.2 Å². The molecule has 2 rings (SSSR count). The maximum atomic E-state index is 12.8. The molecule has 0 aliphatic rings. The summed E-state index contributed by atoms with van der Waals surface area (Å²) in [5, 5.41) is 19.1. The van der Waals surface area contributed by atoms with E-state index in [2.05, 4.69) is 0 Å². The Morgan fingerprint density at radius 2 is 1.83 bits per heavy atom. The van der Waals surface area contributed by atoms with Gasteiger partial charge >= 0.3 is 5.97 Å². The number of carboxylic acid groups (broad SMARTS) is 1. The van der Waals surface area contributed by atoms with Crippen molar-refractivity contribution in [1.29, 1.82) is 0 Å². The lowest BCUT2D eigenvalue weighted by atomic mass is 10.2. The van der Waals surface area contributed by atoms with Gasteiger partial charge < -0.3 is 10.2 Å². The number of benzene rings is 1. The molecule has 8 heteroatoms. The third-order valence-corrected chi connectivity index (χ3v) is 5.57. The quantitative estimate of drug-likeness (QED) is 0.846. The molecule has 2 N–H and O–H groups in total. The Morgan fingerprint density at radius 1 is 1.25 bits per heavy atom. The average Bonchev–Trinajstić information content (AvgIpc) is 2.54. The smallest absolute Gasteiger partial charge is 0.326 e. The first-order valence-corrected chi connectivity index (χ1v) is 8.70. The van der Waals surface area contributed by atoms with Crippen molar-refractivity contribution < 1.29 is 23.4 Å². The molecule has 0 aliphatic heterocycles. The van der Waals surface area contributed by atoms with Gasteiger partial charge in [0, 0.05) is 6.07 Å². The van der Waals surface area contributed by atoms with Crippen LogP contribution in [-0.2, 0) is 21.1 Å². The van der Waals surface area contributed by atoms with Crippen LogP contribution in [0.5, 0.6) is 5.88 Å². The van der Waals surface area contributed by atoms with E-state index in [1.165, 1.54) is 31.2 Å². The number of pyridine rings is 1. The molecule has 2 aromatic rings. The first kappa shape index (κ1) is 17.7. The minimum absolute atomic E-state index is 0.0722. The fourth-order valence-corrected chi connectivity index (χ4v) is 4.02. The molecule has 128 valence electrons. The first-order valence-electron chi connectivity index (χ1n) is 7.22. The highest BCUT2D eigenvalue weighted by atomic mass is 32.2. The Kier molecular flexibility index (Phi) is 4.79. The zero-order chi connectivity index (χ0) is 18.1. The van der Waals surface area contributed by atoms with E-state index < -0.39 is 38.2 Å². The Bertz CT molecular complexity index is 931. The summed E-state index contributed by atoms with van der Waals surface area (Å²) in [6, 6.07) is 7.11. The van der Waals surface area contributed by atoms with Crippen molar-refractivity contribution >= 4 is 15.8 Å². The molecule has 0 saturated heterocycles. The number of aliphatic carboxylic acids is 1. The highest BCUT2D eigenvalue weighted by molar-refractivity contribution is 7.91. The van der Waals surface area contributed by atoms with Gasteiger partial charge in [-0.15, -0.1) is 0 Å². The van der Waals surface area contributed by atoms with Gasteiger partial charge in [0.2, 0.25) is 9.84 Å². The van der Waals surface area contributed by atoms with Crippen LogP contribution in [0, 0.1) is 0 Å². The molecule has 0 amide bonds. The monoisotopic (exact) mass is 351 g/mol. The molecule has 1 heterocycles. The number of aromatic nitrogens is 1. The van der Waals surface area contributed by atoms with Gasteiger partial charge in [0.15, 0.2) is 5.88 Å². The lowest BCUT2D eigenvalue weighted by molar-refractivity contribution is -0.140. The second-order valence-corrected chi connectivity index (χ2v) is 7.10. The van der Waals surface area contributed by atoms with E-state index >= 15 is 0 Å². The van der Waals surface area contributed by atoms with E-state index in [0.29, 0.717) is 4.57 Å². The maximum absolute atomic E-state index is 12.8. The van der Waals surface area contributed by atoms with E-state index in [1.54, 1.807) is 13.0 Å². The molecule has 1 atom stereocenters. The van der Waals surface area contributed by atoms with Gasteiger partial charge in [-0.1, -0.05) is 25.1 Å². The molecular formula is C16H17NO6S. The average molecular weight is 351 g/mol. The minimum atomic E-state index is -4.15. The fourth-order valence-electron chi connectivity index (χ4n) is 2.39. The fraction of sp³-hybridized carbons (Fsp3) is 0.250. The summed E-state index contributed by atoms with van der Waals surface area (Å²) in [5.74, 6) is -1.95. The Morgan fingerprint density at radius 3 is 2.33 bits per heavy atom. The van der Waals surface area contributed by atoms with E-state index in [1.807, 2.05) is 0 Å². The molecule has 0 aliphatic carbocycles. The van der Waals surface area contributed by atoms with Crippen LogP contribution >= 0.6 is 0 Å². The number of carbonyl (C=O) groups is 1. The Labute approximate surface area is 138 Å². The summed E-state index contributed by atoms with van der Waals surface area (Å²) in [7, 11) is -4.15. The highest BCUT2D eigenvalue weighted by Gasteiger charge is 2.29. The van der Waals surface area contributed by atoms with Crippen LogP contribution in [0.1, 0.15) is 25.5 Å². The summed E-state index contributed by atoms with van der Waals surface area (Å²) < 4.78 is 26.3. The standard InChI is InChI=1S/C16H17NO6S/c1-3-11-9-13(18)17(10(2)16(20)21)15(19)14(11)24(22,23)12-7-5-4-6-8-12/h4-10,18H,3H2,1-2H3,(H,20,21). The molecule has 0 radical (unpaired) electrons. The second-order valence-electron chi connectivity index (χ2n) is 5.22. The number of hydrogen-bond donors (Lipinski definition) is 2. The molecule has 1 aromatic carbocycles. The molecule has 0 bridgehead atoms. The van der Waals surface area contributed by atoms with Crippen LogP contribution in [0.4, 0.5) is 0 Å². The van der Waals surface area contributed by atoms with Crippen molar-refractivity contribution in [3.63, 3.8) is 0 Å². The predicted molar refractivity (Wildman–Crippen MR) is 86.0 cm³/mol. The van der Waals surface area contributed by atoms with Crippen molar-refractivity contribution in [3.05, 3.63) is 52.3 Å². The van der Waals surface area contributed by atoms with Gasteiger partial charge in [0.1, 0.15) is 10.9 Å². The van der Waals surface area contributed by atoms with E-state index in [9.17, 15) is 23.1 Å². The summed E-state index contributed by atoms with van der Waals surface area (Å²) in [4.78, 5) is 23.3. The summed E-state index contributed by atoms with van der Waals surface area (Å²) in [5.41, 5.74) is -0.916. The number of rotatable bonds is 5. The lowest BCUT2D eigenvalue weighted by Crippen LogP contribution is -2.32. The normalized spacial score (nSPS) is 12.8. The zero-order valence-corrected chi connectivity index (χ0v) is 13.9. The van der Waals surface area contributed by atoms with Gasteiger partial charge in [-0.2, -0.15) is 0 Å². The van der Waals surface area contributed by atoms with Gasteiger partial charge in [-0.25, -0.2) is 13.2 Å². The van der Waals surface area contributed by atoms with Gasteiger partial charge in [0.05, 0.1) is 4.90 Å². The molecule has 24 heavy (non-hydrogen) atoms. The van der Waals surface area contributed by atoms with Gasteiger partial charge in [0.25, 0.3) is 5.56 Å². The molecule has 0 spiro atoms. The number of aromatic hydroxyl groups is 1. The summed E-state index contributed by atoms with van der Waals surface area (Å²) in [6.45, 7) is 2.83. The number of hydrogen-bond acceptors (Lipinski definition) is 5. The summed E-state index contributed by atoms with van der Waals surface area (Å²) in [6.07, 6.45) is 0.187. The topological polar surface area (TPSA) is 114 Å². The SMILES string of the molecule is CCc1cc(O)n(C(C)C(=O)O)c(=O)c1S(=O)(=O)c1ccccc1. The third kappa shape index (κ3) is 2.92. The lowest BCUT2D eigenvalue weighted by Gasteiger charge is -2.17. The predicted octanol–water partition coefficient (Wildman–Crippen LogP) is 1.59. The summed E-state index contributed by atoms with van der Waals surface area (Å²) >= 11 is 0. The van der Waals surface area contributed by atoms with Crippen LogP contribution in [0.15, 0.2) is 51.0 Å². The van der Waals surface area contributed by atoms with Gasteiger partial charge in [-0.3, -0.25) is 9.36 Å². The highest BCUT2D eigenvalue weighted by Crippen LogP contribution is 2.26. The van der Waals surface area contributed by atoms with Crippen LogP contribution < -0.4 is 5.56 Å². The van der Waals surface area contributed by atoms with Crippen molar-refractivity contribution in [2.75, 3.05) is 0 Å². The van der Waals surface area contributed by atoms with Crippen molar-refractivity contribution in [2.24, 2.45) is 0 Å². The number of aryl methyl sites for hydroxylation is 1. The van der Waals surface area contributed by atoms with Crippen LogP contribution in [0.3, 0.4) is 0 Å². The van der Waals surface area contributed by atoms with Gasteiger partial charge in [-0.05, 0) is 31.0 Å². The molecule has 1 unspecified atom stereocenters. The Hall–Kier alpha value is -2.61. The molecule has 7 nitrogen and oxygen atoms in total. The minimum Gasteiger partial charge on any atom is -0.494 e. The second kappa shape index (κ2) is 6.48. The number of nitrogens with zero attached hydrogens (tertiary/aromatic N) is 1. The van der Waals surface area contributed by atoms with Crippen molar-refractivity contribution in [1.82, 2.24) is 4.57 Å². The molecular weight excluding hydrogens is 334 g/mol. The molecule has 0 fully saturated rings. The Balaban J connectivity index is 2.86. The third-order valence-electron chi connectivity index (χ3n) is 3.70. The van der Waals surface area contributed by atoms with E-state index in [0.717, 1.165) is 6.07 Å². The number of carboxylic acids is 1. The van der Waals surface area contributed by atoms with Crippen LogP contribution in [0.25, 0.3) is 0 Å². The zero-order valence-electron chi connectivity index (χ0n) is 13.1. The van der Waals surface area contributed by atoms with Crippen molar-refractivity contribution in [2.45, 2.75) is 36.1 Å². The largest absolute Gasteiger partial charge is 0.494 e.